The quantitative estimate of drug-likeness (QED) is 0.715. The number of nitrogens with zero attached hydrogens (tertiary/aromatic N) is 2. The van der Waals surface area contributed by atoms with Crippen LogP contribution in [-0.2, 0) is 16.4 Å². The topological polar surface area (TPSA) is 82.3 Å². The van der Waals surface area contributed by atoms with E-state index in [4.69, 9.17) is 9.15 Å². The molecule has 118 valence electrons. The Morgan fingerprint density at radius 2 is 1.70 bits per heavy atom. The van der Waals surface area contributed by atoms with Crippen LogP contribution in [0.1, 0.15) is 5.89 Å². The third-order valence-electron chi connectivity index (χ3n) is 3.10. The lowest BCUT2D eigenvalue weighted by Gasteiger charge is -2.04. The van der Waals surface area contributed by atoms with Crippen LogP contribution in [0.4, 0.5) is 0 Å². The van der Waals surface area contributed by atoms with Gasteiger partial charge in [-0.05, 0) is 36.4 Å². The van der Waals surface area contributed by atoms with Crippen LogP contribution in [0.3, 0.4) is 0 Å². The Balaban J connectivity index is 1.66. The first kappa shape index (κ1) is 15.2. The molecule has 0 aliphatic heterocycles. The van der Waals surface area contributed by atoms with Gasteiger partial charge in [-0.25, -0.2) is 8.42 Å². The third kappa shape index (κ3) is 3.75. The fraction of sp³-hybridized carbons (Fsp3) is 0.125. The molecule has 0 saturated carbocycles. The maximum atomic E-state index is 11.4. The summed E-state index contributed by atoms with van der Waals surface area (Å²) in [4.78, 5) is 0.244. The van der Waals surface area contributed by atoms with E-state index in [1.807, 2.05) is 30.3 Å². The first-order chi connectivity index (χ1) is 11.0. The zero-order valence-electron chi connectivity index (χ0n) is 12.3. The van der Waals surface area contributed by atoms with Crippen LogP contribution < -0.4 is 4.74 Å². The van der Waals surface area contributed by atoms with Crippen molar-refractivity contribution in [1.82, 2.24) is 10.2 Å². The molecule has 0 fully saturated rings. The standard InChI is InChI=1S/C16H14N2O4S/c1-23(19,20)14-9-7-13(8-10-14)21-11-15-17-18-16(22-15)12-5-3-2-4-6-12/h2-10H,11H2,1H3. The Morgan fingerprint density at radius 3 is 2.35 bits per heavy atom. The average Bonchev–Trinajstić information content (AvgIpc) is 3.02. The lowest BCUT2D eigenvalue weighted by Crippen LogP contribution is -1.98. The molecule has 23 heavy (non-hydrogen) atoms. The molecule has 0 spiro atoms. The van der Waals surface area contributed by atoms with E-state index in [0.29, 0.717) is 17.5 Å². The maximum Gasteiger partial charge on any atom is 0.254 e. The maximum absolute atomic E-state index is 11.4. The van der Waals surface area contributed by atoms with E-state index in [0.717, 1.165) is 11.8 Å². The normalized spacial score (nSPS) is 11.3. The Labute approximate surface area is 133 Å². The molecule has 0 aliphatic rings. The van der Waals surface area contributed by atoms with E-state index in [2.05, 4.69) is 10.2 Å². The molecule has 0 aliphatic carbocycles. The van der Waals surface area contributed by atoms with E-state index >= 15 is 0 Å². The van der Waals surface area contributed by atoms with Gasteiger partial charge in [-0.15, -0.1) is 10.2 Å². The molecule has 3 aromatic rings. The second kappa shape index (κ2) is 6.21. The molecule has 7 heteroatoms. The number of rotatable bonds is 5. The Kier molecular flexibility index (Phi) is 4.12. The van der Waals surface area contributed by atoms with Crippen molar-refractivity contribution in [3.8, 4) is 17.2 Å². The number of sulfone groups is 1. The zero-order chi connectivity index (χ0) is 16.3. The molecule has 0 N–H and O–H groups in total. The van der Waals surface area contributed by atoms with E-state index in [9.17, 15) is 8.42 Å². The highest BCUT2D eigenvalue weighted by Gasteiger charge is 2.10. The number of benzene rings is 2. The molecule has 1 heterocycles. The summed E-state index contributed by atoms with van der Waals surface area (Å²) in [6, 6.07) is 15.6. The molecule has 0 unspecified atom stereocenters. The van der Waals surface area contributed by atoms with Crippen LogP contribution in [0.5, 0.6) is 5.75 Å². The van der Waals surface area contributed by atoms with Gasteiger partial charge in [0.2, 0.25) is 5.89 Å². The van der Waals surface area contributed by atoms with E-state index < -0.39 is 9.84 Å². The fourth-order valence-corrected chi connectivity index (χ4v) is 2.57. The molecule has 3 rings (SSSR count). The number of ether oxygens (including phenoxy) is 1. The summed E-state index contributed by atoms with van der Waals surface area (Å²) in [7, 11) is -3.21. The summed E-state index contributed by atoms with van der Waals surface area (Å²) in [6.45, 7) is 0.109. The summed E-state index contributed by atoms with van der Waals surface area (Å²) in [5.41, 5.74) is 0.837. The number of hydrogen-bond donors (Lipinski definition) is 0. The largest absolute Gasteiger partial charge is 0.484 e. The molecule has 1 aromatic heterocycles. The van der Waals surface area contributed by atoms with Crippen LogP contribution >= 0.6 is 0 Å². The minimum Gasteiger partial charge on any atom is -0.484 e. The monoisotopic (exact) mass is 330 g/mol. The van der Waals surface area contributed by atoms with Gasteiger partial charge in [0.05, 0.1) is 4.90 Å². The predicted molar refractivity (Wildman–Crippen MR) is 83.6 cm³/mol. The molecule has 0 radical (unpaired) electrons. The van der Waals surface area contributed by atoms with Crippen molar-refractivity contribution < 1.29 is 17.6 Å². The van der Waals surface area contributed by atoms with Gasteiger partial charge in [-0.2, -0.15) is 0 Å². The van der Waals surface area contributed by atoms with Crippen LogP contribution in [0.15, 0.2) is 63.9 Å². The van der Waals surface area contributed by atoms with Gasteiger partial charge < -0.3 is 9.15 Å². The van der Waals surface area contributed by atoms with Gasteiger partial charge in [0.25, 0.3) is 5.89 Å². The fourth-order valence-electron chi connectivity index (χ4n) is 1.94. The number of aromatic nitrogens is 2. The van der Waals surface area contributed by atoms with E-state index in [1.54, 1.807) is 12.1 Å². The van der Waals surface area contributed by atoms with Crippen molar-refractivity contribution in [2.75, 3.05) is 6.26 Å². The van der Waals surface area contributed by atoms with Gasteiger partial charge in [0.15, 0.2) is 16.4 Å². The Bertz CT molecular complexity index is 887. The first-order valence-corrected chi connectivity index (χ1v) is 8.72. The lowest BCUT2D eigenvalue weighted by atomic mass is 10.2. The smallest absolute Gasteiger partial charge is 0.254 e. The lowest BCUT2D eigenvalue weighted by molar-refractivity contribution is 0.264. The van der Waals surface area contributed by atoms with Crippen LogP contribution in [0, 0.1) is 0 Å². The van der Waals surface area contributed by atoms with Gasteiger partial charge in [0, 0.05) is 11.8 Å². The van der Waals surface area contributed by atoms with Crippen LogP contribution in [-0.4, -0.2) is 24.9 Å². The predicted octanol–water partition coefficient (Wildman–Crippen LogP) is 2.72. The molecule has 0 amide bonds. The Hall–Kier alpha value is -2.67. The molecular formula is C16H14N2O4S. The molecular weight excluding hydrogens is 316 g/mol. The van der Waals surface area contributed by atoms with Crippen molar-refractivity contribution in [3.63, 3.8) is 0 Å². The second-order valence-corrected chi connectivity index (χ2v) is 6.91. The average molecular weight is 330 g/mol. The highest BCUT2D eigenvalue weighted by molar-refractivity contribution is 7.90. The van der Waals surface area contributed by atoms with Gasteiger partial charge in [-0.3, -0.25) is 0 Å². The summed E-state index contributed by atoms with van der Waals surface area (Å²) in [5.74, 6) is 1.30. The van der Waals surface area contributed by atoms with Crippen LogP contribution in [0.25, 0.3) is 11.5 Å². The minimum atomic E-state index is -3.21. The highest BCUT2D eigenvalue weighted by atomic mass is 32.2. The summed E-state index contributed by atoms with van der Waals surface area (Å²) in [6.07, 6.45) is 1.16. The minimum absolute atomic E-state index is 0.109. The molecule has 6 nitrogen and oxygen atoms in total. The van der Waals surface area contributed by atoms with E-state index in [1.165, 1.54) is 12.1 Å². The summed E-state index contributed by atoms with van der Waals surface area (Å²) in [5, 5.41) is 7.90. The summed E-state index contributed by atoms with van der Waals surface area (Å²) < 4.78 is 33.8. The van der Waals surface area contributed by atoms with Crippen molar-refractivity contribution in [2.45, 2.75) is 11.5 Å². The van der Waals surface area contributed by atoms with Crippen molar-refractivity contribution >= 4 is 9.84 Å². The second-order valence-electron chi connectivity index (χ2n) is 4.90. The van der Waals surface area contributed by atoms with Gasteiger partial charge in [0.1, 0.15) is 5.75 Å². The zero-order valence-corrected chi connectivity index (χ0v) is 13.2. The van der Waals surface area contributed by atoms with Crippen molar-refractivity contribution in [2.24, 2.45) is 0 Å². The summed E-state index contributed by atoms with van der Waals surface area (Å²) >= 11 is 0. The molecule has 0 atom stereocenters. The van der Waals surface area contributed by atoms with Crippen LogP contribution in [0.2, 0.25) is 0 Å². The van der Waals surface area contributed by atoms with Crippen molar-refractivity contribution in [1.29, 1.82) is 0 Å². The van der Waals surface area contributed by atoms with E-state index in [-0.39, 0.29) is 11.5 Å². The van der Waals surface area contributed by atoms with Gasteiger partial charge in [-0.1, -0.05) is 18.2 Å². The molecule has 0 bridgehead atoms. The first-order valence-electron chi connectivity index (χ1n) is 6.83. The molecule has 0 saturated heterocycles. The Morgan fingerprint density at radius 1 is 1.00 bits per heavy atom. The van der Waals surface area contributed by atoms with Crippen molar-refractivity contribution in [3.05, 3.63) is 60.5 Å². The third-order valence-corrected chi connectivity index (χ3v) is 4.23. The SMILES string of the molecule is CS(=O)(=O)c1ccc(OCc2nnc(-c3ccccc3)o2)cc1. The molecule has 2 aromatic carbocycles. The highest BCUT2D eigenvalue weighted by Crippen LogP contribution is 2.19. The number of hydrogen-bond acceptors (Lipinski definition) is 6. The van der Waals surface area contributed by atoms with Gasteiger partial charge >= 0.3 is 0 Å².